The Balaban J connectivity index is 0.000000585. The van der Waals surface area contributed by atoms with Gasteiger partial charge >= 0.3 is 18.1 Å². The number of halogens is 3. The van der Waals surface area contributed by atoms with Crippen molar-refractivity contribution >= 4 is 11.9 Å². The van der Waals surface area contributed by atoms with Crippen molar-refractivity contribution in [1.29, 1.82) is 0 Å². The van der Waals surface area contributed by atoms with Crippen LogP contribution in [0.4, 0.5) is 13.2 Å². The molecule has 0 aromatic carbocycles. The van der Waals surface area contributed by atoms with Crippen molar-refractivity contribution in [3.8, 4) is 0 Å². The number of alkyl halides is 3. The van der Waals surface area contributed by atoms with E-state index in [-0.39, 0.29) is 11.6 Å². The normalized spacial score (nSPS) is 12.0. The summed E-state index contributed by atoms with van der Waals surface area (Å²) in [6, 6.07) is 3.67. The first-order valence-corrected chi connectivity index (χ1v) is 7.09. The molecule has 0 amide bonds. The average molecular weight is 335 g/mol. The molecule has 1 atom stereocenters. The molecule has 0 spiro atoms. The quantitative estimate of drug-likeness (QED) is 0.764. The number of aliphatic carboxylic acids is 1. The predicted molar refractivity (Wildman–Crippen MR) is 77.4 cm³/mol. The van der Waals surface area contributed by atoms with Crippen LogP contribution in [0.2, 0.25) is 0 Å². The van der Waals surface area contributed by atoms with Crippen LogP contribution in [-0.2, 0) is 4.79 Å². The molecule has 2 N–H and O–H groups in total. The van der Waals surface area contributed by atoms with E-state index >= 15 is 0 Å². The number of unbranched alkanes of at least 4 members (excludes halogenated alkanes) is 2. The molecule has 1 heterocycles. The third-order valence-corrected chi connectivity index (χ3v) is 3.06. The number of hydrogen-bond donors (Lipinski definition) is 2. The Morgan fingerprint density at radius 1 is 1.26 bits per heavy atom. The number of nitrogens with zero attached hydrogens (tertiary/aromatic N) is 1. The first-order chi connectivity index (χ1) is 10.6. The molecule has 0 aliphatic heterocycles. The third-order valence-electron chi connectivity index (χ3n) is 3.06. The summed E-state index contributed by atoms with van der Waals surface area (Å²) in [5.41, 5.74) is 1.05. The first kappa shape index (κ1) is 20.9. The van der Waals surface area contributed by atoms with E-state index in [1.165, 1.54) is 19.0 Å². The second kappa shape index (κ2) is 9.81. The summed E-state index contributed by atoms with van der Waals surface area (Å²) < 4.78 is 31.7. The van der Waals surface area contributed by atoms with Gasteiger partial charge in [0, 0.05) is 6.20 Å². The molecular formula is C15H20F3NO4. The van der Waals surface area contributed by atoms with Crippen LogP contribution in [0.1, 0.15) is 61.5 Å². The highest BCUT2D eigenvalue weighted by molar-refractivity contribution is 5.87. The van der Waals surface area contributed by atoms with E-state index < -0.39 is 18.1 Å². The molecule has 23 heavy (non-hydrogen) atoms. The summed E-state index contributed by atoms with van der Waals surface area (Å²) in [6.07, 6.45) is 1.01. The maximum atomic E-state index is 11.0. The van der Waals surface area contributed by atoms with Crippen molar-refractivity contribution in [2.45, 2.75) is 51.6 Å². The minimum atomic E-state index is -5.08. The molecule has 0 fully saturated rings. The van der Waals surface area contributed by atoms with E-state index in [1.807, 2.05) is 6.07 Å². The molecule has 5 nitrogen and oxygen atoms in total. The molecule has 1 aromatic heterocycles. The van der Waals surface area contributed by atoms with Crippen molar-refractivity contribution < 1.29 is 33.0 Å². The lowest BCUT2D eigenvalue weighted by molar-refractivity contribution is -0.192. The standard InChI is InChI=1S/C13H19NO2.C2HF3O2/c1-3-4-5-7-10(2)11-8-6-9-14-12(11)13(15)16;3-2(4,5)1(6)7/h6,8-10H,3-5,7H2,1-2H3,(H,15,16);(H,6,7). The molecule has 1 rings (SSSR count). The fraction of sp³-hybridized carbons (Fsp3) is 0.533. The van der Waals surface area contributed by atoms with Gasteiger partial charge in [0.1, 0.15) is 0 Å². The average Bonchev–Trinajstić information content (AvgIpc) is 2.47. The van der Waals surface area contributed by atoms with Crippen molar-refractivity contribution in [3.05, 3.63) is 29.6 Å². The van der Waals surface area contributed by atoms with E-state index in [1.54, 1.807) is 6.07 Å². The molecule has 8 heteroatoms. The molecular weight excluding hydrogens is 315 g/mol. The monoisotopic (exact) mass is 335 g/mol. The second-order valence-electron chi connectivity index (χ2n) is 4.95. The van der Waals surface area contributed by atoms with E-state index in [0.717, 1.165) is 18.4 Å². The van der Waals surface area contributed by atoms with Gasteiger partial charge in [-0.1, -0.05) is 39.2 Å². The van der Waals surface area contributed by atoms with Crippen LogP contribution in [0.25, 0.3) is 0 Å². The van der Waals surface area contributed by atoms with Crippen LogP contribution in [0.15, 0.2) is 18.3 Å². The molecule has 1 aromatic rings. The van der Waals surface area contributed by atoms with Crippen LogP contribution >= 0.6 is 0 Å². The summed E-state index contributed by atoms with van der Waals surface area (Å²) in [6.45, 7) is 4.23. The van der Waals surface area contributed by atoms with Crippen molar-refractivity contribution in [3.63, 3.8) is 0 Å². The number of aromatic carboxylic acids is 1. The number of carbonyl (C=O) groups is 2. The Morgan fingerprint density at radius 2 is 1.83 bits per heavy atom. The molecule has 0 saturated carbocycles. The van der Waals surface area contributed by atoms with Crippen LogP contribution in [0.5, 0.6) is 0 Å². The maximum absolute atomic E-state index is 11.0. The summed E-state index contributed by atoms with van der Waals surface area (Å²) >= 11 is 0. The number of rotatable bonds is 6. The third kappa shape index (κ3) is 8.18. The SMILES string of the molecule is CCCCCC(C)c1cccnc1C(=O)O.O=C(O)C(F)(F)F. The Labute approximate surface area is 132 Å². The first-order valence-electron chi connectivity index (χ1n) is 7.09. The highest BCUT2D eigenvalue weighted by atomic mass is 19.4. The number of carboxylic acid groups (broad SMARTS) is 2. The Kier molecular flexibility index (Phi) is 8.90. The number of hydrogen-bond acceptors (Lipinski definition) is 3. The van der Waals surface area contributed by atoms with Crippen LogP contribution in [0, 0.1) is 0 Å². The molecule has 1 unspecified atom stereocenters. The Morgan fingerprint density at radius 3 is 2.26 bits per heavy atom. The lowest BCUT2D eigenvalue weighted by Gasteiger charge is -2.13. The largest absolute Gasteiger partial charge is 0.490 e. The van der Waals surface area contributed by atoms with Crippen molar-refractivity contribution in [2.24, 2.45) is 0 Å². The second-order valence-corrected chi connectivity index (χ2v) is 4.95. The van der Waals surface area contributed by atoms with Gasteiger partial charge in [0.05, 0.1) is 0 Å². The molecule has 0 aliphatic rings. The van der Waals surface area contributed by atoms with Crippen molar-refractivity contribution in [2.75, 3.05) is 0 Å². The van der Waals surface area contributed by atoms with E-state index in [9.17, 15) is 18.0 Å². The van der Waals surface area contributed by atoms with Crippen LogP contribution in [-0.4, -0.2) is 33.3 Å². The van der Waals surface area contributed by atoms with Gasteiger partial charge in [0.15, 0.2) is 5.69 Å². The van der Waals surface area contributed by atoms with Crippen LogP contribution in [0.3, 0.4) is 0 Å². The maximum Gasteiger partial charge on any atom is 0.490 e. The Hall–Kier alpha value is -2.12. The highest BCUT2D eigenvalue weighted by Gasteiger charge is 2.38. The smallest absolute Gasteiger partial charge is 0.477 e. The van der Waals surface area contributed by atoms with Gasteiger partial charge in [-0.2, -0.15) is 13.2 Å². The minimum Gasteiger partial charge on any atom is -0.477 e. The lowest BCUT2D eigenvalue weighted by Crippen LogP contribution is -2.21. The van der Waals surface area contributed by atoms with E-state index in [4.69, 9.17) is 15.0 Å². The zero-order chi connectivity index (χ0) is 18.0. The van der Waals surface area contributed by atoms with Crippen molar-refractivity contribution in [1.82, 2.24) is 4.98 Å². The van der Waals surface area contributed by atoms with Gasteiger partial charge in [0.2, 0.25) is 0 Å². The van der Waals surface area contributed by atoms with Gasteiger partial charge in [-0.15, -0.1) is 0 Å². The van der Waals surface area contributed by atoms with Gasteiger partial charge in [0.25, 0.3) is 0 Å². The zero-order valence-electron chi connectivity index (χ0n) is 12.9. The topological polar surface area (TPSA) is 87.5 Å². The lowest BCUT2D eigenvalue weighted by atomic mass is 9.94. The summed E-state index contributed by atoms with van der Waals surface area (Å²) in [4.78, 5) is 23.8. The molecule has 0 radical (unpaired) electrons. The minimum absolute atomic E-state index is 0.200. The van der Waals surface area contributed by atoms with Crippen LogP contribution < -0.4 is 0 Å². The molecule has 0 saturated heterocycles. The molecule has 0 aliphatic carbocycles. The molecule has 0 bridgehead atoms. The van der Waals surface area contributed by atoms with E-state index in [2.05, 4.69) is 18.8 Å². The Bertz CT molecular complexity index is 518. The van der Waals surface area contributed by atoms with E-state index in [0.29, 0.717) is 0 Å². The van der Waals surface area contributed by atoms with Gasteiger partial charge in [-0.25, -0.2) is 14.6 Å². The zero-order valence-corrected chi connectivity index (χ0v) is 12.9. The predicted octanol–water partition coefficient (Wildman–Crippen LogP) is 4.10. The number of aromatic nitrogens is 1. The number of carboxylic acids is 2. The summed E-state index contributed by atoms with van der Waals surface area (Å²) in [5, 5.41) is 16.1. The van der Waals surface area contributed by atoms with Gasteiger partial charge in [-0.05, 0) is 24.0 Å². The fourth-order valence-corrected chi connectivity index (χ4v) is 1.85. The fourth-order valence-electron chi connectivity index (χ4n) is 1.85. The summed E-state index contributed by atoms with van der Waals surface area (Å²) in [5.74, 6) is -3.42. The molecule has 130 valence electrons. The number of pyridine rings is 1. The van der Waals surface area contributed by atoms with Gasteiger partial charge < -0.3 is 10.2 Å². The summed E-state index contributed by atoms with van der Waals surface area (Å²) in [7, 11) is 0. The van der Waals surface area contributed by atoms with Gasteiger partial charge in [-0.3, -0.25) is 0 Å². The highest BCUT2D eigenvalue weighted by Crippen LogP contribution is 2.23.